The van der Waals surface area contributed by atoms with Crippen LogP contribution in [-0.4, -0.2) is 9.97 Å². The molecule has 0 unspecified atom stereocenters. The Hall–Kier alpha value is -2.10. The summed E-state index contributed by atoms with van der Waals surface area (Å²) in [6.07, 6.45) is 1.43. The number of hydrogen-bond acceptors (Lipinski definition) is 3. The minimum absolute atomic E-state index is 0.205. The highest BCUT2D eigenvalue weighted by atomic mass is 16.5. The van der Waals surface area contributed by atoms with Crippen molar-refractivity contribution in [2.24, 2.45) is 0 Å². The molecule has 0 spiro atoms. The highest BCUT2D eigenvalue weighted by Crippen LogP contribution is 2.18. The van der Waals surface area contributed by atoms with Crippen molar-refractivity contribution in [2.45, 2.75) is 13.8 Å². The zero-order valence-corrected chi connectivity index (χ0v) is 9.15. The van der Waals surface area contributed by atoms with E-state index in [0.717, 1.165) is 5.56 Å². The maximum absolute atomic E-state index is 11.5. The normalized spacial score (nSPS) is 10.1. The average Bonchev–Trinajstić information content (AvgIpc) is 2.22. The first-order valence-electron chi connectivity index (χ1n) is 4.95. The largest absolute Gasteiger partial charge is 0.450 e. The van der Waals surface area contributed by atoms with Crippen molar-refractivity contribution < 1.29 is 4.74 Å². The van der Waals surface area contributed by atoms with Gasteiger partial charge in [-0.2, -0.15) is 0 Å². The van der Waals surface area contributed by atoms with E-state index in [1.165, 1.54) is 6.20 Å². The Labute approximate surface area is 92.9 Å². The molecule has 82 valence electrons. The van der Waals surface area contributed by atoms with Gasteiger partial charge in [0.15, 0.2) is 0 Å². The zero-order valence-electron chi connectivity index (χ0n) is 9.15. The zero-order chi connectivity index (χ0) is 11.5. The topological polar surface area (TPSA) is 55.0 Å². The minimum Gasteiger partial charge on any atom is -0.450 e. The van der Waals surface area contributed by atoms with Gasteiger partial charge in [-0.1, -0.05) is 12.1 Å². The molecule has 1 aromatic carbocycles. The molecule has 2 rings (SSSR count). The second-order valence-electron chi connectivity index (χ2n) is 3.58. The second-order valence-corrected chi connectivity index (χ2v) is 3.58. The van der Waals surface area contributed by atoms with Crippen LogP contribution in [-0.2, 0) is 0 Å². The summed E-state index contributed by atoms with van der Waals surface area (Å²) >= 11 is 0. The molecule has 0 atom stereocenters. The second kappa shape index (κ2) is 4.18. The lowest BCUT2D eigenvalue weighted by molar-refractivity contribution is 0.470. The molecule has 0 aliphatic carbocycles. The van der Waals surface area contributed by atoms with Crippen molar-refractivity contribution >= 4 is 0 Å². The minimum atomic E-state index is -0.269. The van der Waals surface area contributed by atoms with Gasteiger partial charge < -0.3 is 9.72 Å². The number of aromatic nitrogens is 2. The van der Waals surface area contributed by atoms with Gasteiger partial charge in [0, 0.05) is 0 Å². The third kappa shape index (κ3) is 2.28. The van der Waals surface area contributed by atoms with Gasteiger partial charge in [0.05, 0.1) is 6.20 Å². The lowest BCUT2D eigenvalue weighted by Crippen LogP contribution is -2.10. The average molecular weight is 216 g/mol. The fourth-order valence-corrected chi connectivity index (χ4v) is 1.35. The summed E-state index contributed by atoms with van der Waals surface area (Å²) in [5.41, 5.74) is 0.808. The first-order chi connectivity index (χ1) is 7.65. The molecular weight excluding hydrogens is 204 g/mol. The molecular formula is C12H12N2O2. The molecule has 0 aliphatic rings. The number of nitrogens with one attached hydrogen (secondary N) is 1. The van der Waals surface area contributed by atoms with Crippen LogP contribution in [0.3, 0.4) is 0 Å². The molecule has 4 heteroatoms. The summed E-state index contributed by atoms with van der Waals surface area (Å²) in [5, 5.41) is 0. The van der Waals surface area contributed by atoms with E-state index in [9.17, 15) is 4.79 Å². The summed E-state index contributed by atoms with van der Waals surface area (Å²) in [4.78, 5) is 18.1. The predicted octanol–water partition coefficient (Wildman–Crippen LogP) is 2.18. The van der Waals surface area contributed by atoms with Crippen LogP contribution < -0.4 is 10.3 Å². The van der Waals surface area contributed by atoms with Gasteiger partial charge in [0.25, 0.3) is 5.56 Å². The third-order valence-corrected chi connectivity index (χ3v) is 2.11. The first-order valence-corrected chi connectivity index (χ1v) is 4.95. The highest BCUT2D eigenvalue weighted by molar-refractivity contribution is 5.31. The van der Waals surface area contributed by atoms with E-state index < -0.39 is 0 Å². The Morgan fingerprint density at radius 2 is 2.12 bits per heavy atom. The fraction of sp³-hybridized carbons (Fsp3) is 0.167. The van der Waals surface area contributed by atoms with Crippen LogP contribution in [0.4, 0.5) is 0 Å². The number of aromatic amines is 1. The van der Waals surface area contributed by atoms with Gasteiger partial charge >= 0.3 is 0 Å². The number of H-pyrrole nitrogens is 1. The Morgan fingerprint density at radius 1 is 1.31 bits per heavy atom. The van der Waals surface area contributed by atoms with Gasteiger partial charge in [0.1, 0.15) is 11.6 Å². The predicted molar refractivity (Wildman–Crippen MR) is 60.8 cm³/mol. The van der Waals surface area contributed by atoms with Crippen molar-refractivity contribution in [3.05, 3.63) is 52.2 Å². The summed E-state index contributed by atoms with van der Waals surface area (Å²) in [7, 11) is 0. The number of rotatable bonds is 2. The van der Waals surface area contributed by atoms with E-state index in [1.54, 1.807) is 13.0 Å². The Kier molecular flexibility index (Phi) is 2.72. The van der Waals surface area contributed by atoms with E-state index in [0.29, 0.717) is 11.6 Å². The molecule has 16 heavy (non-hydrogen) atoms. The molecule has 0 bridgehead atoms. The molecule has 4 nitrogen and oxygen atoms in total. The van der Waals surface area contributed by atoms with Crippen molar-refractivity contribution in [3.8, 4) is 11.5 Å². The molecule has 0 aliphatic heterocycles. The third-order valence-electron chi connectivity index (χ3n) is 2.11. The van der Waals surface area contributed by atoms with Gasteiger partial charge in [-0.05, 0) is 31.5 Å². The molecule has 0 saturated carbocycles. The van der Waals surface area contributed by atoms with Gasteiger partial charge in [-0.25, -0.2) is 4.98 Å². The quantitative estimate of drug-likeness (QED) is 0.837. The standard InChI is InChI=1S/C12H12N2O2/c1-8-4-3-5-10(6-8)16-11-7-13-9(2)14-12(11)15/h3-7H,1-2H3,(H,13,14,15). The van der Waals surface area contributed by atoms with Crippen LogP contribution in [0.1, 0.15) is 11.4 Å². The number of ether oxygens (including phenoxy) is 1. The number of aryl methyl sites for hydroxylation is 2. The van der Waals surface area contributed by atoms with Crippen LogP contribution in [0.25, 0.3) is 0 Å². The Bertz CT molecular complexity index is 561. The van der Waals surface area contributed by atoms with Crippen molar-refractivity contribution in [1.29, 1.82) is 0 Å². The van der Waals surface area contributed by atoms with E-state index in [-0.39, 0.29) is 11.3 Å². The lowest BCUT2D eigenvalue weighted by Gasteiger charge is -2.04. The molecule has 0 radical (unpaired) electrons. The van der Waals surface area contributed by atoms with Crippen LogP contribution in [0.15, 0.2) is 35.3 Å². The van der Waals surface area contributed by atoms with E-state index >= 15 is 0 Å². The lowest BCUT2D eigenvalue weighted by atomic mass is 10.2. The molecule has 0 amide bonds. The van der Waals surface area contributed by atoms with Crippen LogP contribution in [0, 0.1) is 13.8 Å². The van der Waals surface area contributed by atoms with E-state index in [4.69, 9.17) is 4.74 Å². The van der Waals surface area contributed by atoms with E-state index in [1.807, 2.05) is 25.1 Å². The smallest absolute Gasteiger partial charge is 0.293 e. The van der Waals surface area contributed by atoms with Crippen molar-refractivity contribution in [1.82, 2.24) is 9.97 Å². The van der Waals surface area contributed by atoms with E-state index in [2.05, 4.69) is 9.97 Å². The SMILES string of the molecule is Cc1cccc(Oc2cnc(C)[nH]c2=O)c1. The molecule has 1 heterocycles. The van der Waals surface area contributed by atoms with Crippen LogP contribution in [0.2, 0.25) is 0 Å². The molecule has 2 aromatic rings. The molecule has 1 aromatic heterocycles. The summed E-state index contributed by atoms with van der Waals surface area (Å²) in [5.74, 6) is 1.41. The summed E-state index contributed by atoms with van der Waals surface area (Å²) in [6.45, 7) is 3.68. The van der Waals surface area contributed by atoms with Crippen molar-refractivity contribution in [3.63, 3.8) is 0 Å². The van der Waals surface area contributed by atoms with Gasteiger partial charge in [-0.15, -0.1) is 0 Å². The van der Waals surface area contributed by atoms with Gasteiger partial charge in [-0.3, -0.25) is 4.79 Å². The number of hydrogen-bond donors (Lipinski definition) is 1. The molecule has 0 fully saturated rings. The first kappa shape index (κ1) is 10.4. The fourth-order valence-electron chi connectivity index (χ4n) is 1.35. The van der Waals surface area contributed by atoms with Crippen molar-refractivity contribution in [2.75, 3.05) is 0 Å². The van der Waals surface area contributed by atoms with Gasteiger partial charge in [0.2, 0.25) is 5.75 Å². The highest BCUT2D eigenvalue weighted by Gasteiger charge is 2.03. The molecule has 0 saturated heterocycles. The number of benzene rings is 1. The number of nitrogens with zero attached hydrogens (tertiary/aromatic N) is 1. The Balaban J connectivity index is 2.31. The molecule has 1 N–H and O–H groups in total. The summed E-state index contributed by atoms with van der Waals surface area (Å²) in [6, 6.07) is 7.50. The maximum atomic E-state index is 11.5. The maximum Gasteiger partial charge on any atom is 0.293 e. The van der Waals surface area contributed by atoms with Crippen LogP contribution >= 0.6 is 0 Å². The van der Waals surface area contributed by atoms with Crippen LogP contribution in [0.5, 0.6) is 11.5 Å². The summed E-state index contributed by atoms with van der Waals surface area (Å²) < 4.78 is 5.44. The Morgan fingerprint density at radius 3 is 2.81 bits per heavy atom. The monoisotopic (exact) mass is 216 g/mol.